The summed E-state index contributed by atoms with van der Waals surface area (Å²) >= 11 is 1.88. The number of aliphatic hydroxyl groups excluding tert-OH is 2. The molecule has 41 heavy (non-hydrogen) atoms. The molecule has 11 nitrogen and oxygen atoms in total. The Morgan fingerprint density at radius 3 is 2.44 bits per heavy atom. The topological polar surface area (TPSA) is 188 Å². The summed E-state index contributed by atoms with van der Waals surface area (Å²) in [5.41, 5.74) is 3.40. The van der Waals surface area contributed by atoms with Crippen LogP contribution in [0.1, 0.15) is 27.9 Å². The van der Waals surface area contributed by atoms with E-state index in [1.807, 2.05) is 22.6 Å². The largest absolute Gasteiger partial charge is 0.508 e. The van der Waals surface area contributed by atoms with E-state index in [2.05, 4.69) is 0 Å². The summed E-state index contributed by atoms with van der Waals surface area (Å²) in [6.45, 7) is 0. The van der Waals surface area contributed by atoms with E-state index in [1.165, 1.54) is 26.1 Å². The number of methoxy groups -OCH3 is 1. The number of ether oxygens (including phenoxy) is 1. The number of amides is 1. The predicted octanol–water partition coefficient (Wildman–Crippen LogP) is 2.06. The molecule has 214 valence electrons. The number of fused-ring (bicyclic) bond motifs is 3. The monoisotopic (exact) mass is 674 g/mol. The van der Waals surface area contributed by atoms with Crippen LogP contribution in [0, 0.1) is 15.4 Å². The van der Waals surface area contributed by atoms with Gasteiger partial charge in [0.05, 0.1) is 22.3 Å². The first kappa shape index (κ1) is 28.8. The van der Waals surface area contributed by atoms with Crippen molar-refractivity contribution in [2.75, 3.05) is 21.2 Å². The van der Waals surface area contributed by atoms with Gasteiger partial charge in [-0.05, 0) is 90.8 Å². The predicted molar refractivity (Wildman–Crippen MR) is 154 cm³/mol. The molecule has 0 bridgehead atoms. The van der Waals surface area contributed by atoms with Gasteiger partial charge in [-0.25, -0.2) is 0 Å². The van der Waals surface area contributed by atoms with Gasteiger partial charge >= 0.3 is 0 Å². The number of aliphatic hydroxyl groups is 3. The molecular weight excluding hydrogens is 647 g/mol. The fourth-order valence-corrected chi connectivity index (χ4v) is 7.11. The highest BCUT2D eigenvalue weighted by Gasteiger charge is 2.64. The van der Waals surface area contributed by atoms with Crippen molar-refractivity contribution >= 4 is 52.1 Å². The summed E-state index contributed by atoms with van der Waals surface area (Å²) < 4.78 is 5.86. The number of hydrogen-bond acceptors (Lipinski definition) is 10. The van der Waals surface area contributed by atoms with Gasteiger partial charge in [-0.3, -0.25) is 24.1 Å². The zero-order valence-electron chi connectivity index (χ0n) is 22.3. The molecular formula is C29H27IN2O9. The van der Waals surface area contributed by atoms with E-state index in [1.54, 1.807) is 24.3 Å². The third kappa shape index (κ3) is 3.99. The molecule has 0 radical (unpaired) electrons. The minimum absolute atomic E-state index is 0.0382. The molecule has 2 aromatic rings. The Labute approximate surface area is 248 Å². The number of carbonyl (C=O) groups excluding carboxylic acids is 4. The van der Waals surface area contributed by atoms with Gasteiger partial charge in [0.15, 0.2) is 11.4 Å². The number of rotatable bonds is 5. The van der Waals surface area contributed by atoms with Crippen molar-refractivity contribution < 1.29 is 44.3 Å². The molecule has 3 aliphatic rings. The van der Waals surface area contributed by atoms with E-state index in [4.69, 9.17) is 10.5 Å². The molecule has 1 amide bonds. The number of Topliss-reactive ketones (excluding diaryl/α,β-unsaturated/α-hetero) is 2. The Hall–Kier alpha value is -3.75. The van der Waals surface area contributed by atoms with Crippen LogP contribution in [-0.2, 0) is 20.8 Å². The first-order valence-corrected chi connectivity index (χ1v) is 13.7. The highest BCUT2D eigenvalue weighted by atomic mass is 127. The standard InChI is InChI=1S/C29H27IN2O9/c1-32(2)22-16-8-12-7-15-13(14-6-11(10-33)4-5-18(14)41-3)9-17(30)23(34)20(15)24(35)19(12)26(37)29(16,40)27(38)21(25(22)36)28(31)39/h4-6,9-10,12,16,22,34-35,38,40H,7-8H2,1-3H3,(H2,31,39)/t12-,16-,22-,29-/m0/s1. The summed E-state index contributed by atoms with van der Waals surface area (Å²) in [7, 11) is 4.55. The molecule has 3 aliphatic carbocycles. The Bertz CT molecular complexity index is 1630. The SMILES string of the molecule is COc1ccc(C=O)cc1-c1cc(I)c(O)c2c1C[C@H]1C[C@H]3[C@H](N(C)C)C(=O)C(C(N)=O)=C(O)[C@@]3(O)C(=O)C1=C2O. The molecule has 0 heterocycles. The van der Waals surface area contributed by atoms with Crippen LogP contribution in [0.2, 0.25) is 0 Å². The summed E-state index contributed by atoms with van der Waals surface area (Å²) in [5, 5.41) is 45.4. The molecule has 12 heteroatoms. The Balaban J connectivity index is 1.79. The molecule has 0 spiro atoms. The van der Waals surface area contributed by atoms with Crippen LogP contribution in [0.25, 0.3) is 16.9 Å². The number of aromatic hydroxyl groups is 1. The van der Waals surface area contributed by atoms with Crippen LogP contribution in [-0.4, -0.2) is 81.9 Å². The maximum atomic E-state index is 14.0. The van der Waals surface area contributed by atoms with Crippen LogP contribution in [0.5, 0.6) is 11.5 Å². The lowest BCUT2D eigenvalue weighted by Gasteiger charge is -2.50. The zero-order chi connectivity index (χ0) is 30.1. The van der Waals surface area contributed by atoms with E-state index in [9.17, 15) is 39.6 Å². The third-order valence-corrected chi connectivity index (χ3v) is 9.15. The van der Waals surface area contributed by atoms with Gasteiger partial charge in [-0.2, -0.15) is 0 Å². The number of aldehydes is 1. The second-order valence-corrected chi connectivity index (χ2v) is 11.8. The number of phenols is 1. The van der Waals surface area contributed by atoms with Crippen molar-refractivity contribution in [3.8, 4) is 22.6 Å². The number of hydrogen-bond donors (Lipinski definition) is 5. The van der Waals surface area contributed by atoms with Crippen LogP contribution in [0.4, 0.5) is 0 Å². The van der Waals surface area contributed by atoms with Gasteiger partial charge in [0, 0.05) is 22.6 Å². The van der Waals surface area contributed by atoms with Crippen LogP contribution >= 0.6 is 22.6 Å². The molecule has 0 unspecified atom stereocenters. The molecule has 0 aromatic heterocycles. The third-order valence-electron chi connectivity index (χ3n) is 8.32. The maximum Gasteiger partial charge on any atom is 0.255 e. The van der Waals surface area contributed by atoms with Crippen LogP contribution < -0.4 is 10.5 Å². The fraction of sp³-hybridized carbons (Fsp3) is 0.310. The lowest BCUT2D eigenvalue weighted by Crippen LogP contribution is -2.65. The number of halogens is 1. The van der Waals surface area contributed by atoms with E-state index < -0.39 is 58.0 Å². The van der Waals surface area contributed by atoms with Crippen LogP contribution in [0.3, 0.4) is 0 Å². The van der Waals surface area contributed by atoms with Crippen LogP contribution in [0.15, 0.2) is 41.2 Å². The van der Waals surface area contributed by atoms with E-state index >= 15 is 0 Å². The molecule has 5 rings (SSSR count). The second-order valence-electron chi connectivity index (χ2n) is 10.6. The summed E-state index contributed by atoms with van der Waals surface area (Å²) in [4.78, 5) is 52.5. The van der Waals surface area contributed by atoms with Crippen molar-refractivity contribution in [2.24, 2.45) is 17.6 Å². The van der Waals surface area contributed by atoms with Gasteiger partial charge in [-0.1, -0.05) is 0 Å². The first-order valence-electron chi connectivity index (χ1n) is 12.6. The van der Waals surface area contributed by atoms with Crippen molar-refractivity contribution in [3.05, 3.63) is 61.4 Å². The van der Waals surface area contributed by atoms with E-state index in [0.29, 0.717) is 37.9 Å². The van der Waals surface area contributed by atoms with E-state index in [0.717, 1.165) is 0 Å². The first-order chi connectivity index (χ1) is 19.3. The van der Waals surface area contributed by atoms with Crippen molar-refractivity contribution in [2.45, 2.75) is 24.5 Å². The van der Waals surface area contributed by atoms with Crippen molar-refractivity contribution in [3.63, 3.8) is 0 Å². The molecule has 4 atom stereocenters. The smallest absolute Gasteiger partial charge is 0.255 e. The van der Waals surface area contributed by atoms with Gasteiger partial charge in [0.1, 0.15) is 34.9 Å². The van der Waals surface area contributed by atoms with Crippen molar-refractivity contribution in [1.29, 1.82) is 0 Å². The Morgan fingerprint density at radius 2 is 1.85 bits per heavy atom. The summed E-state index contributed by atoms with van der Waals surface area (Å²) in [6, 6.07) is 5.33. The number of primary amides is 1. The Kier molecular flexibility index (Phi) is 6.99. The molecule has 1 fully saturated rings. The average molecular weight is 674 g/mol. The molecule has 6 N–H and O–H groups in total. The number of likely N-dealkylation sites (N-methyl/N-ethyl adjacent to an activating group) is 1. The fourth-order valence-electron chi connectivity index (χ4n) is 6.53. The summed E-state index contributed by atoms with van der Waals surface area (Å²) in [5.74, 6) is -6.73. The normalized spacial score (nSPS) is 25.6. The number of phenolic OH excluding ortho intramolecular Hbond substituents is 1. The van der Waals surface area contributed by atoms with Crippen molar-refractivity contribution in [1.82, 2.24) is 4.90 Å². The average Bonchev–Trinajstić information content (AvgIpc) is 2.91. The summed E-state index contributed by atoms with van der Waals surface area (Å²) in [6.07, 6.45) is 0.741. The van der Waals surface area contributed by atoms with E-state index in [-0.39, 0.29) is 29.7 Å². The molecule has 2 aromatic carbocycles. The quantitative estimate of drug-likeness (QED) is 0.179. The number of nitrogens with two attached hydrogens (primary N) is 1. The zero-order valence-corrected chi connectivity index (χ0v) is 24.4. The number of carbonyl (C=O) groups is 4. The van der Waals surface area contributed by atoms with Gasteiger partial charge in [-0.15, -0.1) is 0 Å². The second kappa shape index (κ2) is 9.96. The highest BCUT2D eigenvalue weighted by Crippen LogP contribution is 2.54. The minimum atomic E-state index is -2.72. The minimum Gasteiger partial charge on any atom is -0.508 e. The number of ketones is 2. The van der Waals surface area contributed by atoms with Gasteiger partial charge < -0.3 is 30.9 Å². The number of benzene rings is 2. The lowest BCUT2D eigenvalue weighted by atomic mass is 9.57. The highest BCUT2D eigenvalue weighted by molar-refractivity contribution is 14.1. The number of nitrogens with zero attached hydrogens (tertiary/aromatic N) is 1. The van der Waals surface area contributed by atoms with Gasteiger partial charge in [0.25, 0.3) is 5.91 Å². The Morgan fingerprint density at radius 1 is 1.17 bits per heavy atom. The van der Waals surface area contributed by atoms with Gasteiger partial charge in [0.2, 0.25) is 5.78 Å². The molecule has 0 saturated heterocycles. The maximum absolute atomic E-state index is 14.0. The molecule has 1 saturated carbocycles. The lowest BCUT2D eigenvalue weighted by molar-refractivity contribution is -0.153. The molecule has 0 aliphatic heterocycles.